The summed E-state index contributed by atoms with van der Waals surface area (Å²) < 4.78 is 42.0. The highest BCUT2D eigenvalue weighted by Gasteiger charge is 2.33. The Balaban J connectivity index is 0.000000151. The largest absolute Gasteiger partial charge is 0.477 e. The van der Waals surface area contributed by atoms with Crippen molar-refractivity contribution in [2.45, 2.75) is 69.6 Å². The topological polar surface area (TPSA) is 201 Å². The lowest BCUT2D eigenvalue weighted by molar-refractivity contribution is 0.0523. The Morgan fingerprint density at radius 1 is 0.724 bits per heavy atom. The van der Waals surface area contributed by atoms with Crippen LogP contribution >= 0.6 is 0 Å². The normalized spacial score (nSPS) is 19.2. The number of hydrogen-bond donors (Lipinski definition) is 1. The summed E-state index contributed by atoms with van der Waals surface area (Å²) in [4.78, 5) is 61.8. The maximum absolute atomic E-state index is 15.0. The number of aromatic nitrogens is 10. The molecule has 6 aromatic rings. The minimum absolute atomic E-state index is 0.0000678. The summed E-state index contributed by atoms with van der Waals surface area (Å²) in [7, 11) is 0. The first-order chi connectivity index (χ1) is 28.1. The molecule has 1 N–H and O–H groups in total. The number of pyridine rings is 4. The molecule has 0 bridgehead atoms. The van der Waals surface area contributed by atoms with Gasteiger partial charge in [0.25, 0.3) is 0 Å². The van der Waals surface area contributed by atoms with Gasteiger partial charge in [0.15, 0.2) is 23.3 Å². The fourth-order valence-electron chi connectivity index (χ4n) is 7.81. The zero-order valence-corrected chi connectivity index (χ0v) is 31.3. The van der Waals surface area contributed by atoms with E-state index in [1.54, 1.807) is 45.6 Å². The summed E-state index contributed by atoms with van der Waals surface area (Å²) in [5, 5.41) is 25.1. The molecule has 2 saturated carbocycles. The number of ether oxygens (including phenoxy) is 1. The number of hydrogen-bond acceptors (Lipinski definition) is 13. The molecule has 0 amide bonds. The van der Waals surface area contributed by atoms with Crippen molar-refractivity contribution in [1.29, 1.82) is 0 Å². The van der Waals surface area contributed by atoms with Crippen molar-refractivity contribution in [3.63, 3.8) is 0 Å². The highest BCUT2D eigenvalue weighted by atomic mass is 19.1. The molecular formula is C38H38F2N12O6. The van der Waals surface area contributed by atoms with Crippen molar-refractivity contribution < 1.29 is 28.2 Å². The minimum atomic E-state index is -1.32. The summed E-state index contributed by atoms with van der Waals surface area (Å²) in [6, 6.07) is 2.71. The Morgan fingerprint density at radius 3 is 1.60 bits per heavy atom. The van der Waals surface area contributed by atoms with Gasteiger partial charge in [0.2, 0.25) is 10.9 Å². The van der Waals surface area contributed by atoms with Gasteiger partial charge >= 0.3 is 11.9 Å². The predicted octanol–water partition coefficient (Wildman–Crippen LogP) is 3.70. The Labute approximate surface area is 327 Å². The van der Waals surface area contributed by atoms with E-state index in [9.17, 15) is 28.7 Å². The molecule has 2 saturated heterocycles. The fraction of sp³-hybridized carbons (Fsp3) is 0.421. The van der Waals surface area contributed by atoms with E-state index in [4.69, 9.17) is 4.74 Å². The highest BCUT2D eigenvalue weighted by molar-refractivity contribution is 5.94. The van der Waals surface area contributed by atoms with Gasteiger partial charge in [0, 0.05) is 63.1 Å². The molecule has 6 aromatic heterocycles. The highest BCUT2D eigenvalue weighted by Crippen LogP contribution is 2.39. The van der Waals surface area contributed by atoms with Gasteiger partial charge in [-0.25, -0.2) is 37.7 Å². The molecule has 2 aliphatic heterocycles. The average Bonchev–Trinajstić information content (AvgIpc) is 3.87. The summed E-state index contributed by atoms with van der Waals surface area (Å²) in [6.45, 7) is 4.13. The number of carboxylic acids is 1. The molecular weight excluding hydrogens is 758 g/mol. The first kappa shape index (κ1) is 37.0. The van der Waals surface area contributed by atoms with Crippen LogP contribution in [0.3, 0.4) is 0 Å². The van der Waals surface area contributed by atoms with Crippen LogP contribution in [0.5, 0.6) is 0 Å². The van der Waals surface area contributed by atoms with Crippen molar-refractivity contribution in [3.05, 3.63) is 92.5 Å². The standard InChI is InChI=1S/C20H21FN6O3.C18H17FN6O3/c1-2-30-20(29)15-11-26(12-3-4-12)18-14(17(15)28)9-16(21)19(23-18)25-7-5-13(10-25)27-8-6-22-24-27;19-14-7-12-15(26)13(18(27)28)9-24(10-1-2-10)16(12)21-17(14)23-5-3-11(8-23)25-6-4-20-22-25/h6,8-9,11-13H,2-5,7,10H2,1H3;4,6-7,9-11H,1-3,5,8H2,(H,27,28)/t13-;11-/m00/s1. The van der Waals surface area contributed by atoms with Crippen LogP contribution < -0.4 is 20.7 Å². The van der Waals surface area contributed by atoms with Gasteiger partial charge < -0.3 is 28.8 Å². The number of halogens is 2. The van der Waals surface area contributed by atoms with E-state index in [1.165, 1.54) is 18.5 Å². The average molecular weight is 797 g/mol. The Hall–Kier alpha value is -6.60. The molecule has 2 aliphatic carbocycles. The third kappa shape index (κ3) is 6.81. The van der Waals surface area contributed by atoms with E-state index in [0.717, 1.165) is 44.6 Å². The molecule has 300 valence electrons. The lowest BCUT2D eigenvalue weighted by Gasteiger charge is -2.20. The summed E-state index contributed by atoms with van der Waals surface area (Å²) in [6.07, 6.45) is 14.8. The molecule has 2 atom stereocenters. The number of nitrogens with zero attached hydrogens (tertiary/aromatic N) is 12. The van der Waals surface area contributed by atoms with Crippen LogP contribution in [0.25, 0.3) is 22.1 Å². The SMILES string of the molecule is CCOC(=O)c1cn(C2CC2)c2nc(N3CC[C@H](n4ccnn4)C3)c(F)cc2c1=O.O=C(O)c1cn(C2CC2)c2nc(N3CC[C@H](n4ccnn4)C3)c(F)cc2c1=O. The maximum Gasteiger partial charge on any atom is 0.343 e. The van der Waals surface area contributed by atoms with Crippen LogP contribution in [0, 0.1) is 11.6 Å². The summed E-state index contributed by atoms with van der Waals surface area (Å²) in [5.41, 5.74) is -0.980. The van der Waals surface area contributed by atoms with E-state index >= 15 is 4.39 Å². The second-order valence-electron chi connectivity index (χ2n) is 14.9. The third-order valence-electron chi connectivity index (χ3n) is 11.0. The summed E-state index contributed by atoms with van der Waals surface area (Å²) in [5.74, 6) is -2.84. The van der Waals surface area contributed by atoms with Gasteiger partial charge in [-0.05, 0) is 57.6 Å². The van der Waals surface area contributed by atoms with Crippen molar-refractivity contribution in [2.24, 2.45) is 0 Å². The Morgan fingerprint density at radius 2 is 1.19 bits per heavy atom. The lowest BCUT2D eigenvalue weighted by atomic mass is 10.2. The zero-order valence-electron chi connectivity index (χ0n) is 31.3. The molecule has 18 nitrogen and oxygen atoms in total. The Kier molecular flexibility index (Phi) is 9.39. The van der Waals surface area contributed by atoms with E-state index < -0.39 is 34.4 Å². The predicted molar refractivity (Wildman–Crippen MR) is 203 cm³/mol. The number of esters is 1. The molecule has 0 unspecified atom stereocenters. The van der Waals surface area contributed by atoms with Crippen LogP contribution in [-0.2, 0) is 4.74 Å². The van der Waals surface area contributed by atoms with Crippen LogP contribution in [0.15, 0.2) is 58.9 Å². The van der Waals surface area contributed by atoms with Gasteiger partial charge in [0.1, 0.15) is 22.4 Å². The zero-order chi connectivity index (χ0) is 40.2. The van der Waals surface area contributed by atoms with Crippen molar-refractivity contribution in [2.75, 3.05) is 42.6 Å². The third-order valence-corrected chi connectivity index (χ3v) is 11.0. The van der Waals surface area contributed by atoms with Crippen molar-refractivity contribution >= 4 is 45.6 Å². The van der Waals surface area contributed by atoms with Crippen molar-refractivity contribution in [3.8, 4) is 0 Å². The number of fused-ring (bicyclic) bond motifs is 2. The number of carbonyl (C=O) groups excluding carboxylic acids is 1. The second kappa shape index (κ2) is 14.7. The second-order valence-corrected chi connectivity index (χ2v) is 14.9. The van der Waals surface area contributed by atoms with Gasteiger partial charge in [0.05, 0.1) is 41.9 Å². The van der Waals surface area contributed by atoms with Crippen LogP contribution in [0.4, 0.5) is 20.4 Å². The number of anilines is 2. The number of carbonyl (C=O) groups is 2. The molecule has 4 fully saturated rings. The number of rotatable bonds is 9. The van der Waals surface area contributed by atoms with Gasteiger partial charge in [-0.1, -0.05) is 10.4 Å². The van der Waals surface area contributed by atoms with Gasteiger partial charge in [-0.15, -0.1) is 10.2 Å². The van der Waals surface area contributed by atoms with E-state index in [-0.39, 0.29) is 64.3 Å². The first-order valence-electron chi connectivity index (χ1n) is 19.2. The van der Waals surface area contributed by atoms with Crippen molar-refractivity contribution in [1.82, 2.24) is 49.1 Å². The van der Waals surface area contributed by atoms with E-state index in [2.05, 4.69) is 30.6 Å². The summed E-state index contributed by atoms with van der Waals surface area (Å²) >= 11 is 0. The van der Waals surface area contributed by atoms with E-state index in [1.807, 2.05) is 14.4 Å². The van der Waals surface area contributed by atoms with Gasteiger partial charge in [-0.2, -0.15) is 0 Å². The molecule has 0 spiro atoms. The molecule has 20 heteroatoms. The van der Waals surface area contributed by atoms with E-state index in [0.29, 0.717) is 37.5 Å². The first-order valence-corrected chi connectivity index (χ1v) is 19.2. The smallest absolute Gasteiger partial charge is 0.343 e. The molecule has 8 heterocycles. The Bertz CT molecular complexity index is 2680. The fourth-order valence-corrected chi connectivity index (χ4v) is 7.81. The number of aromatic carboxylic acids is 1. The minimum Gasteiger partial charge on any atom is -0.477 e. The number of carboxylic acid groups (broad SMARTS) is 1. The maximum atomic E-state index is 15.0. The molecule has 0 radical (unpaired) electrons. The quantitative estimate of drug-likeness (QED) is 0.208. The van der Waals surface area contributed by atoms with Gasteiger partial charge in [-0.3, -0.25) is 9.59 Å². The van der Waals surface area contributed by atoms with Crippen LogP contribution in [-0.4, -0.2) is 98.9 Å². The molecule has 58 heavy (non-hydrogen) atoms. The van der Waals surface area contributed by atoms with Crippen LogP contribution in [0.1, 0.15) is 90.3 Å². The van der Waals surface area contributed by atoms with Crippen LogP contribution in [0.2, 0.25) is 0 Å². The lowest BCUT2D eigenvalue weighted by Crippen LogP contribution is -2.25. The molecule has 0 aromatic carbocycles. The molecule has 4 aliphatic rings. The monoisotopic (exact) mass is 796 g/mol. The molecule has 10 rings (SSSR count).